The van der Waals surface area contributed by atoms with Gasteiger partial charge in [-0.15, -0.1) is 59.2 Å². The molecule has 0 spiro atoms. The van der Waals surface area contributed by atoms with E-state index in [-0.39, 0.29) is 37.4 Å². The Hall–Kier alpha value is -5.46. The summed E-state index contributed by atoms with van der Waals surface area (Å²) in [4.78, 5) is 14.6. The second-order valence-corrected chi connectivity index (χ2v) is 24.7. The first-order valence-corrected chi connectivity index (χ1v) is 25.6. The van der Waals surface area contributed by atoms with Crippen LogP contribution < -0.4 is 5.19 Å². The second kappa shape index (κ2) is 18.6. The zero-order valence-corrected chi connectivity index (χ0v) is 42.3. The Morgan fingerprint density at radius 1 is 0.750 bits per heavy atom. The molecule has 0 amide bonds. The molecule has 0 atom stereocenters. The van der Waals surface area contributed by atoms with Gasteiger partial charge in [-0.3, -0.25) is 9.97 Å². The normalized spacial score (nSPS) is 12.9. The van der Waals surface area contributed by atoms with Crippen LogP contribution in [0.3, 0.4) is 0 Å². The van der Waals surface area contributed by atoms with Crippen molar-refractivity contribution in [1.29, 1.82) is 0 Å². The SMILES string of the molecule is Cc1nccc2nc(-c3[c-]cc4oc5ccccc5c4c3)n(-c3c(C(C)C)cc(-c4ccccc4)cc3C(C)C)c12.[2H]C([2H])([2H])c1c[c-]c(-c2cc(CC(C)(C)C)c([Si](C)(C)C)cn2)cc1.[Ir]. The summed E-state index contributed by atoms with van der Waals surface area (Å²) in [5.41, 5.74) is 15.3. The standard InChI is InChI=1S/C37H32N3O.C20H28NSi.Ir/c1-22(2)29-20-27(25-11-7-6-8-12-25)21-30(23(3)4)36(29)40-35-24(5)38-18-17-32(35)39-37(40)26-15-16-34-31(19-26)28-13-9-10-14-33(28)41-34;1-15-8-10-16(11-9-15)18-12-17(13-20(2,3)4)19(14-21-18)22(5,6)7;/h6-14,16-23H,1-5H3;8-10,12,14H,13H2,1-7H3;/q2*-1;/i;1D3;. The molecule has 7 heteroatoms. The summed E-state index contributed by atoms with van der Waals surface area (Å²) in [7, 11) is -1.48. The van der Waals surface area contributed by atoms with Crippen LogP contribution in [0.15, 0.2) is 126 Å². The van der Waals surface area contributed by atoms with E-state index in [1.165, 1.54) is 38.7 Å². The maximum Gasteiger partial charge on any atom is 0.120 e. The first kappa shape index (κ1) is 42.5. The smallest absolute Gasteiger partial charge is 0.120 e. The van der Waals surface area contributed by atoms with Crippen LogP contribution in [0, 0.1) is 31.3 Å². The number of para-hydroxylation sites is 1. The number of rotatable bonds is 8. The first-order chi connectivity index (χ1) is 31.2. The summed E-state index contributed by atoms with van der Waals surface area (Å²) in [6, 6.07) is 43.5. The molecule has 329 valence electrons. The summed E-state index contributed by atoms with van der Waals surface area (Å²) >= 11 is 0. The van der Waals surface area contributed by atoms with Crippen molar-refractivity contribution < 1.29 is 28.6 Å². The average molecular weight is 1040 g/mol. The fourth-order valence-electron chi connectivity index (χ4n) is 8.62. The molecule has 0 aliphatic rings. The zero-order valence-electron chi connectivity index (χ0n) is 41.9. The fraction of sp³-hybridized carbons (Fsp3) is 0.281. The number of nitrogens with zero attached hydrogens (tertiary/aromatic N) is 4. The maximum absolute atomic E-state index is 7.48. The largest absolute Gasteiger partial charge is 0.500 e. The van der Waals surface area contributed by atoms with E-state index in [1.54, 1.807) is 18.2 Å². The van der Waals surface area contributed by atoms with Gasteiger partial charge in [0.15, 0.2) is 0 Å². The van der Waals surface area contributed by atoms with Crippen molar-refractivity contribution in [2.75, 3.05) is 0 Å². The monoisotopic (exact) mass is 1040 g/mol. The predicted octanol–water partition coefficient (Wildman–Crippen LogP) is 15.0. The molecule has 9 aromatic rings. The number of aryl methyl sites for hydroxylation is 2. The molecule has 5 nitrogen and oxygen atoms in total. The molecule has 0 fully saturated rings. The van der Waals surface area contributed by atoms with Gasteiger partial charge in [0.2, 0.25) is 0 Å². The minimum absolute atomic E-state index is 0. The molecule has 9 rings (SSSR count). The van der Waals surface area contributed by atoms with Gasteiger partial charge in [0, 0.05) is 47.7 Å². The van der Waals surface area contributed by atoms with Crippen molar-refractivity contribution >= 4 is 46.2 Å². The number of hydrogen-bond donors (Lipinski definition) is 0. The molecule has 4 heterocycles. The molecule has 0 saturated heterocycles. The van der Waals surface area contributed by atoms with Crippen molar-refractivity contribution in [3.05, 3.63) is 162 Å². The molecule has 0 bridgehead atoms. The van der Waals surface area contributed by atoms with Crippen LogP contribution in [0.4, 0.5) is 0 Å². The molecule has 0 N–H and O–H groups in total. The van der Waals surface area contributed by atoms with Crippen LogP contribution in [0.1, 0.15) is 92.4 Å². The summed E-state index contributed by atoms with van der Waals surface area (Å²) in [6.45, 7) is 22.8. The summed E-state index contributed by atoms with van der Waals surface area (Å²) < 4.78 is 30.9. The van der Waals surface area contributed by atoms with Gasteiger partial charge in [-0.2, -0.15) is 0 Å². The quantitative estimate of drug-likeness (QED) is 0.112. The molecular weight excluding hydrogens is 977 g/mol. The van der Waals surface area contributed by atoms with Crippen molar-refractivity contribution in [3.63, 3.8) is 0 Å². The Kier molecular flexibility index (Phi) is 12.3. The van der Waals surface area contributed by atoms with Crippen LogP contribution in [0.25, 0.3) is 72.4 Å². The van der Waals surface area contributed by atoms with E-state index in [9.17, 15) is 0 Å². The number of benzene rings is 5. The number of pyridine rings is 2. The fourth-order valence-corrected chi connectivity index (χ4v) is 10.2. The van der Waals surface area contributed by atoms with Crippen molar-refractivity contribution in [2.24, 2.45) is 5.41 Å². The Bertz CT molecular complexity index is 3160. The van der Waals surface area contributed by atoms with E-state index in [0.29, 0.717) is 5.56 Å². The van der Waals surface area contributed by atoms with Gasteiger partial charge < -0.3 is 14.0 Å². The molecule has 1 radical (unpaired) electrons. The number of hydrogen-bond acceptors (Lipinski definition) is 4. The average Bonchev–Trinajstić information content (AvgIpc) is 3.84. The van der Waals surface area contributed by atoms with E-state index in [1.807, 2.05) is 36.7 Å². The first-order valence-electron chi connectivity index (χ1n) is 23.6. The van der Waals surface area contributed by atoms with Crippen molar-refractivity contribution in [2.45, 2.75) is 100 Å². The van der Waals surface area contributed by atoms with Crippen molar-refractivity contribution in [1.82, 2.24) is 19.5 Å². The van der Waals surface area contributed by atoms with Gasteiger partial charge in [0.1, 0.15) is 5.58 Å². The third-order valence-corrected chi connectivity index (χ3v) is 13.7. The molecule has 0 unspecified atom stereocenters. The number of imidazole rings is 1. The molecule has 64 heavy (non-hydrogen) atoms. The second-order valence-electron chi connectivity index (χ2n) is 19.6. The van der Waals surface area contributed by atoms with E-state index in [2.05, 4.69) is 163 Å². The summed E-state index contributed by atoms with van der Waals surface area (Å²) in [5, 5.41) is 3.55. The van der Waals surface area contributed by atoms with Crippen LogP contribution in [0.2, 0.25) is 19.6 Å². The molecule has 0 aliphatic carbocycles. The molecule has 0 saturated carbocycles. The van der Waals surface area contributed by atoms with Crippen LogP contribution >= 0.6 is 0 Å². The third-order valence-electron chi connectivity index (χ3n) is 11.6. The Labute approximate surface area is 399 Å². The van der Waals surface area contributed by atoms with Crippen LogP contribution in [-0.2, 0) is 26.5 Å². The number of aromatic nitrogens is 4. The van der Waals surface area contributed by atoms with Gasteiger partial charge >= 0.3 is 0 Å². The van der Waals surface area contributed by atoms with Crippen LogP contribution in [-0.4, -0.2) is 27.6 Å². The van der Waals surface area contributed by atoms with Gasteiger partial charge in [0.25, 0.3) is 0 Å². The Morgan fingerprint density at radius 2 is 1.44 bits per heavy atom. The van der Waals surface area contributed by atoms with Gasteiger partial charge in [-0.05, 0) is 88.0 Å². The molecule has 4 aromatic heterocycles. The van der Waals surface area contributed by atoms with Gasteiger partial charge in [0.05, 0.1) is 36.2 Å². The van der Waals surface area contributed by atoms with E-state index >= 15 is 0 Å². The Balaban J connectivity index is 0.000000221. The van der Waals surface area contributed by atoms with E-state index in [0.717, 1.165) is 67.7 Å². The number of fused-ring (bicyclic) bond motifs is 4. The maximum atomic E-state index is 7.48. The minimum atomic E-state index is -2.10. The van der Waals surface area contributed by atoms with E-state index < -0.39 is 14.9 Å². The summed E-state index contributed by atoms with van der Waals surface area (Å²) in [5.74, 6) is 1.44. The van der Waals surface area contributed by atoms with Gasteiger partial charge in [-0.1, -0.05) is 141 Å². The zero-order chi connectivity index (χ0) is 47.3. The van der Waals surface area contributed by atoms with Gasteiger partial charge in [-0.25, -0.2) is 0 Å². The van der Waals surface area contributed by atoms with Crippen molar-refractivity contribution in [3.8, 4) is 39.5 Å². The third kappa shape index (κ3) is 9.63. The Morgan fingerprint density at radius 3 is 2.08 bits per heavy atom. The van der Waals surface area contributed by atoms with E-state index in [4.69, 9.17) is 18.5 Å². The molecule has 5 aromatic carbocycles. The minimum Gasteiger partial charge on any atom is -0.500 e. The molecular formula is C57H60IrN4OSi-2. The number of furan rings is 1. The van der Waals surface area contributed by atoms with Crippen LogP contribution in [0.5, 0.6) is 0 Å². The topological polar surface area (TPSA) is 56.7 Å². The summed E-state index contributed by atoms with van der Waals surface area (Å²) in [6.07, 6.45) is 4.87. The molecule has 0 aliphatic heterocycles. The predicted molar refractivity (Wildman–Crippen MR) is 268 cm³/mol.